The number of aryl methyl sites for hydroxylation is 2. The van der Waals surface area contributed by atoms with Crippen LogP contribution in [0.15, 0.2) is 52.4 Å². The number of carbonyl (C=O) groups is 1. The van der Waals surface area contributed by atoms with Crippen LogP contribution in [0.2, 0.25) is 0 Å². The predicted molar refractivity (Wildman–Crippen MR) is 111 cm³/mol. The number of hydrogen-bond acceptors (Lipinski definition) is 4. The molecular weight excluding hydrogens is 358 g/mol. The molecule has 0 saturated carbocycles. The van der Waals surface area contributed by atoms with Gasteiger partial charge in [-0.15, -0.1) is 0 Å². The van der Waals surface area contributed by atoms with Gasteiger partial charge in [0.2, 0.25) is 5.91 Å². The van der Waals surface area contributed by atoms with Crippen molar-refractivity contribution in [3.8, 4) is 5.69 Å². The molecule has 1 amide bonds. The van der Waals surface area contributed by atoms with E-state index in [1.807, 2.05) is 57.2 Å². The van der Waals surface area contributed by atoms with Gasteiger partial charge in [0.15, 0.2) is 5.16 Å². The van der Waals surface area contributed by atoms with E-state index in [1.165, 1.54) is 11.8 Å². The summed E-state index contributed by atoms with van der Waals surface area (Å²) in [6, 6.07) is 13.3. The monoisotopic (exact) mass is 381 g/mol. The van der Waals surface area contributed by atoms with Gasteiger partial charge in [0.25, 0.3) is 5.56 Å². The van der Waals surface area contributed by atoms with Crippen molar-refractivity contribution in [2.45, 2.75) is 31.2 Å². The molecule has 0 radical (unpaired) electrons. The van der Waals surface area contributed by atoms with E-state index >= 15 is 0 Å². The Kier molecular flexibility index (Phi) is 5.37. The van der Waals surface area contributed by atoms with Gasteiger partial charge in [-0.1, -0.05) is 36.0 Å². The minimum absolute atomic E-state index is 0.0186. The van der Waals surface area contributed by atoms with E-state index in [1.54, 1.807) is 29.6 Å². The van der Waals surface area contributed by atoms with Crippen LogP contribution in [-0.2, 0) is 4.79 Å². The lowest BCUT2D eigenvalue weighted by Gasteiger charge is -2.19. The highest BCUT2D eigenvalue weighted by Crippen LogP contribution is 2.27. The molecule has 0 bridgehead atoms. The van der Waals surface area contributed by atoms with Gasteiger partial charge >= 0.3 is 0 Å². The van der Waals surface area contributed by atoms with Crippen molar-refractivity contribution in [3.63, 3.8) is 0 Å². The first-order chi connectivity index (χ1) is 12.8. The standard InChI is InChI=1S/C21H23N3O2S/c1-13-10-11-14(2)18(12-13)24-20(26)16-8-6-7-9-17(16)22-21(24)27-15(3)19(25)23(4)5/h6-12,15H,1-5H3/t15-/m1/s1. The van der Waals surface area contributed by atoms with Crippen molar-refractivity contribution in [2.75, 3.05) is 14.1 Å². The second-order valence-corrected chi connectivity index (χ2v) is 8.14. The van der Waals surface area contributed by atoms with Gasteiger partial charge in [-0.2, -0.15) is 0 Å². The SMILES string of the molecule is Cc1ccc(C)c(-n2c(S[C@H](C)C(=O)N(C)C)nc3ccccc3c2=O)c1. The fourth-order valence-electron chi connectivity index (χ4n) is 2.94. The zero-order chi connectivity index (χ0) is 19.7. The maximum atomic E-state index is 13.3. The maximum absolute atomic E-state index is 13.3. The molecule has 0 aliphatic heterocycles. The molecule has 0 spiro atoms. The highest BCUT2D eigenvalue weighted by atomic mass is 32.2. The molecule has 0 fully saturated rings. The lowest BCUT2D eigenvalue weighted by atomic mass is 10.1. The Morgan fingerprint density at radius 3 is 2.56 bits per heavy atom. The minimum atomic E-state index is -0.357. The third kappa shape index (κ3) is 3.76. The lowest BCUT2D eigenvalue weighted by molar-refractivity contribution is -0.127. The van der Waals surface area contributed by atoms with Crippen LogP contribution >= 0.6 is 11.8 Å². The summed E-state index contributed by atoms with van der Waals surface area (Å²) in [6.07, 6.45) is 0. The second-order valence-electron chi connectivity index (χ2n) is 6.83. The van der Waals surface area contributed by atoms with E-state index in [4.69, 9.17) is 4.98 Å². The van der Waals surface area contributed by atoms with Crippen molar-refractivity contribution in [3.05, 3.63) is 63.9 Å². The topological polar surface area (TPSA) is 55.2 Å². The van der Waals surface area contributed by atoms with Gasteiger partial charge in [0.05, 0.1) is 21.8 Å². The van der Waals surface area contributed by atoms with Gasteiger partial charge in [-0.05, 0) is 50.1 Å². The quantitative estimate of drug-likeness (QED) is 0.512. The summed E-state index contributed by atoms with van der Waals surface area (Å²) >= 11 is 1.31. The zero-order valence-electron chi connectivity index (χ0n) is 16.2. The first-order valence-corrected chi connectivity index (χ1v) is 9.65. The first kappa shape index (κ1) is 19.2. The van der Waals surface area contributed by atoms with Gasteiger partial charge in [0, 0.05) is 14.1 Å². The third-order valence-corrected chi connectivity index (χ3v) is 5.46. The van der Waals surface area contributed by atoms with Crippen molar-refractivity contribution in [2.24, 2.45) is 0 Å². The van der Waals surface area contributed by atoms with Crippen LogP contribution in [0.3, 0.4) is 0 Å². The number of hydrogen-bond donors (Lipinski definition) is 0. The lowest BCUT2D eigenvalue weighted by Crippen LogP contribution is -2.31. The molecule has 0 aliphatic carbocycles. The summed E-state index contributed by atoms with van der Waals surface area (Å²) in [6.45, 7) is 5.80. The van der Waals surface area contributed by atoms with Gasteiger partial charge in [0.1, 0.15) is 0 Å². The summed E-state index contributed by atoms with van der Waals surface area (Å²) in [5.41, 5.74) is 3.35. The van der Waals surface area contributed by atoms with E-state index < -0.39 is 0 Å². The Balaban J connectivity index is 2.26. The summed E-state index contributed by atoms with van der Waals surface area (Å²) in [5.74, 6) is -0.0186. The van der Waals surface area contributed by atoms with Gasteiger partial charge < -0.3 is 4.90 Å². The second kappa shape index (κ2) is 7.56. The number of fused-ring (bicyclic) bond motifs is 1. The van der Waals surface area contributed by atoms with E-state index in [2.05, 4.69) is 0 Å². The molecule has 5 nitrogen and oxygen atoms in total. The average molecular weight is 382 g/mol. The van der Waals surface area contributed by atoms with Gasteiger partial charge in [-0.25, -0.2) is 4.98 Å². The molecule has 2 aromatic carbocycles. The minimum Gasteiger partial charge on any atom is -0.348 e. The molecule has 1 aromatic heterocycles. The van der Waals surface area contributed by atoms with Crippen molar-refractivity contribution in [1.29, 1.82) is 0 Å². The fourth-order valence-corrected chi connectivity index (χ4v) is 4.00. The van der Waals surface area contributed by atoms with Crippen LogP contribution in [-0.4, -0.2) is 39.7 Å². The van der Waals surface area contributed by atoms with Crippen molar-refractivity contribution < 1.29 is 4.79 Å². The van der Waals surface area contributed by atoms with Crippen LogP contribution < -0.4 is 5.56 Å². The molecule has 3 aromatic rings. The normalized spacial score (nSPS) is 12.2. The predicted octanol–water partition coefficient (Wildman–Crippen LogP) is 3.57. The molecule has 3 rings (SSSR count). The molecule has 0 saturated heterocycles. The van der Waals surface area contributed by atoms with Gasteiger partial charge in [-0.3, -0.25) is 14.2 Å². The van der Waals surface area contributed by atoms with E-state index in [0.29, 0.717) is 16.1 Å². The zero-order valence-corrected chi connectivity index (χ0v) is 17.0. The molecule has 6 heteroatoms. The van der Waals surface area contributed by atoms with E-state index in [0.717, 1.165) is 16.8 Å². The molecule has 27 heavy (non-hydrogen) atoms. The van der Waals surface area contributed by atoms with Crippen molar-refractivity contribution in [1.82, 2.24) is 14.5 Å². The van der Waals surface area contributed by atoms with Crippen LogP contribution in [0.5, 0.6) is 0 Å². The van der Waals surface area contributed by atoms with Crippen LogP contribution in [0.25, 0.3) is 16.6 Å². The van der Waals surface area contributed by atoms with Crippen LogP contribution in [0, 0.1) is 13.8 Å². The molecule has 0 unspecified atom stereocenters. The van der Waals surface area contributed by atoms with Crippen LogP contribution in [0.1, 0.15) is 18.1 Å². The number of para-hydroxylation sites is 1. The molecule has 1 heterocycles. The summed E-state index contributed by atoms with van der Waals surface area (Å²) in [4.78, 5) is 31.9. The largest absolute Gasteiger partial charge is 0.348 e. The number of nitrogens with zero attached hydrogens (tertiary/aromatic N) is 3. The summed E-state index contributed by atoms with van der Waals surface area (Å²) < 4.78 is 1.63. The third-order valence-electron chi connectivity index (χ3n) is 4.42. The van der Waals surface area contributed by atoms with Crippen LogP contribution in [0.4, 0.5) is 0 Å². The molecular formula is C21H23N3O2S. The summed E-state index contributed by atoms with van der Waals surface area (Å²) in [5, 5.41) is 0.730. The first-order valence-electron chi connectivity index (χ1n) is 8.77. The Bertz CT molecular complexity index is 1070. The molecule has 140 valence electrons. The van der Waals surface area contributed by atoms with E-state index in [-0.39, 0.29) is 16.7 Å². The van der Waals surface area contributed by atoms with Crippen molar-refractivity contribution >= 4 is 28.6 Å². The Hall–Kier alpha value is -2.60. The fraction of sp³-hybridized carbons (Fsp3) is 0.286. The number of rotatable bonds is 4. The molecule has 0 aliphatic rings. The number of aromatic nitrogens is 2. The van der Waals surface area contributed by atoms with E-state index in [9.17, 15) is 9.59 Å². The molecule has 0 N–H and O–H groups in total. The number of benzene rings is 2. The smallest absolute Gasteiger partial charge is 0.266 e. The Labute approximate surface area is 163 Å². The number of thioether (sulfide) groups is 1. The number of amides is 1. The highest BCUT2D eigenvalue weighted by molar-refractivity contribution is 8.00. The average Bonchev–Trinajstić information content (AvgIpc) is 2.63. The Morgan fingerprint density at radius 1 is 1.15 bits per heavy atom. The summed E-state index contributed by atoms with van der Waals surface area (Å²) in [7, 11) is 3.45. The Morgan fingerprint density at radius 2 is 1.85 bits per heavy atom. The number of carbonyl (C=O) groups excluding carboxylic acids is 1. The highest BCUT2D eigenvalue weighted by Gasteiger charge is 2.22. The molecule has 1 atom stereocenters. The maximum Gasteiger partial charge on any atom is 0.266 e.